The molecule has 1 aliphatic carbocycles. The molecule has 1 saturated carbocycles. The molecule has 5 nitrogen and oxygen atoms in total. The summed E-state index contributed by atoms with van der Waals surface area (Å²) in [6.07, 6.45) is 7.69. The molecule has 0 unspecified atom stereocenters. The highest BCUT2D eigenvalue weighted by Gasteiger charge is 2.16. The fourth-order valence-corrected chi connectivity index (χ4v) is 2.69. The Balaban J connectivity index is 1.71. The lowest BCUT2D eigenvalue weighted by atomic mass is 10.2. The Morgan fingerprint density at radius 3 is 2.89 bits per heavy atom. The molecule has 0 bridgehead atoms. The standard InChI is InChI=1S/C14H24N4O/c1-3-13-11(10-18(2)17-13)8-15-9-14(19)16-12-6-4-5-7-12/h10,12,15H,3-9H2,1-2H3,(H,16,19). The van der Waals surface area contributed by atoms with Crippen LogP contribution in [0.3, 0.4) is 0 Å². The topological polar surface area (TPSA) is 59.0 Å². The van der Waals surface area contributed by atoms with Crippen LogP contribution < -0.4 is 10.6 Å². The number of nitrogens with zero attached hydrogens (tertiary/aromatic N) is 2. The van der Waals surface area contributed by atoms with Crippen molar-refractivity contribution in [2.45, 2.75) is 51.6 Å². The van der Waals surface area contributed by atoms with Crippen molar-refractivity contribution in [3.05, 3.63) is 17.5 Å². The molecule has 0 saturated heterocycles. The first-order chi connectivity index (χ1) is 9.19. The normalized spacial score (nSPS) is 15.9. The van der Waals surface area contributed by atoms with Crippen molar-refractivity contribution in [3.8, 4) is 0 Å². The van der Waals surface area contributed by atoms with E-state index in [-0.39, 0.29) is 5.91 Å². The van der Waals surface area contributed by atoms with E-state index in [1.165, 1.54) is 18.4 Å². The first-order valence-electron chi connectivity index (χ1n) is 7.20. The predicted octanol–water partition coefficient (Wildman–Crippen LogP) is 1.13. The molecule has 0 aromatic carbocycles. The highest BCUT2D eigenvalue weighted by molar-refractivity contribution is 5.78. The van der Waals surface area contributed by atoms with E-state index in [9.17, 15) is 4.79 Å². The third-order valence-electron chi connectivity index (χ3n) is 3.65. The van der Waals surface area contributed by atoms with Crippen LogP contribution >= 0.6 is 0 Å². The van der Waals surface area contributed by atoms with Gasteiger partial charge in [0.25, 0.3) is 0 Å². The van der Waals surface area contributed by atoms with E-state index in [1.807, 2.05) is 17.9 Å². The molecule has 2 rings (SSSR count). The average molecular weight is 264 g/mol. The van der Waals surface area contributed by atoms with Crippen LogP contribution in [0.1, 0.15) is 43.9 Å². The van der Waals surface area contributed by atoms with Gasteiger partial charge in [0.15, 0.2) is 0 Å². The number of carbonyl (C=O) groups is 1. The van der Waals surface area contributed by atoms with Gasteiger partial charge in [-0.05, 0) is 19.3 Å². The molecule has 0 aliphatic heterocycles. The molecule has 1 heterocycles. The zero-order valence-corrected chi connectivity index (χ0v) is 11.9. The fraction of sp³-hybridized carbons (Fsp3) is 0.714. The lowest BCUT2D eigenvalue weighted by Gasteiger charge is -2.12. The minimum Gasteiger partial charge on any atom is -0.352 e. The lowest BCUT2D eigenvalue weighted by Crippen LogP contribution is -2.39. The molecule has 1 amide bonds. The SMILES string of the molecule is CCc1nn(C)cc1CNCC(=O)NC1CCCC1. The molecular weight excluding hydrogens is 240 g/mol. The molecule has 1 aromatic heterocycles. The van der Waals surface area contributed by atoms with Gasteiger partial charge in [0.2, 0.25) is 5.91 Å². The number of hydrogen-bond acceptors (Lipinski definition) is 3. The summed E-state index contributed by atoms with van der Waals surface area (Å²) in [6.45, 7) is 3.18. The zero-order valence-electron chi connectivity index (χ0n) is 11.9. The Labute approximate surface area is 114 Å². The van der Waals surface area contributed by atoms with Crippen LogP contribution in [0.25, 0.3) is 0 Å². The number of carbonyl (C=O) groups excluding carboxylic acids is 1. The smallest absolute Gasteiger partial charge is 0.234 e. The summed E-state index contributed by atoms with van der Waals surface area (Å²) in [5.41, 5.74) is 2.28. The van der Waals surface area contributed by atoms with E-state index in [2.05, 4.69) is 22.7 Å². The van der Waals surface area contributed by atoms with E-state index in [1.54, 1.807) is 0 Å². The molecule has 0 atom stereocenters. The highest BCUT2D eigenvalue weighted by atomic mass is 16.1. The Bertz CT molecular complexity index is 421. The molecule has 1 aliphatic rings. The second-order valence-corrected chi connectivity index (χ2v) is 5.28. The average Bonchev–Trinajstić information content (AvgIpc) is 2.99. The summed E-state index contributed by atoms with van der Waals surface area (Å²) in [5.74, 6) is 0.105. The maximum atomic E-state index is 11.8. The second kappa shape index (κ2) is 6.70. The molecule has 106 valence electrons. The summed E-state index contributed by atoms with van der Waals surface area (Å²) in [6, 6.07) is 0.402. The van der Waals surface area contributed by atoms with Crippen molar-refractivity contribution in [3.63, 3.8) is 0 Å². The number of hydrogen-bond donors (Lipinski definition) is 2. The largest absolute Gasteiger partial charge is 0.352 e. The number of aryl methyl sites for hydroxylation is 2. The van der Waals surface area contributed by atoms with Crippen LogP contribution in [0.15, 0.2) is 6.20 Å². The van der Waals surface area contributed by atoms with Gasteiger partial charge >= 0.3 is 0 Å². The van der Waals surface area contributed by atoms with Crippen molar-refractivity contribution >= 4 is 5.91 Å². The Kier molecular flexibility index (Phi) is 4.96. The van der Waals surface area contributed by atoms with Gasteiger partial charge in [-0.1, -0.05) is 19.8 Å². The van der Waals surface area contributed by atoms with Gasteiger partial charge in [0, 0.05) is 31.4 Å². The Morgan fingerprint density at radius 1 is 1.47 bits per heavy atom. The number of rotatable bonds is 6. The van der Waals surface area contributed by atoms with E-state index in [4.69, 9.17) is 0 Å². The molecule has 0 spiro atoms. The zero-order chi connectivity index (χ0) is 13.7. The van der Waals surface area contributed by atoms with Crippen LogP contribution in [0.5, 0.6) is 0 Å². The second-order valence-electron chi connectivity index (χ2n) is 5.28. The summed E-state index contributed by atoms with van der Waals surface area (Å²) in [7, 11) is 1.93. The molecule has 5 heteroatoms. The molecule has 19 heavy (non-hydrogen) atoms. The lowest BCUT2D eigenvalue weighted by molar-refractivity contribution is -0.120. The maximum Gasteiger partial charge on any atom is 0.234 e. The van der Waals surface area contributed by atoms with Gasteiger partial charge in [-0.15, -0.1) is 0 Å². The van der Waals surface area contributed by atoms with Crippen molar-refractivity contribution in [1.82, 2.24) is 20.4 Å². The third kappa shape index (κ3) is 4.06. The molecule has 0 radical (unpaired) electrons. The predicted molar refractivity (Wildman–Crippen MR) is 74.7 cm³/mol. The van der Waals surface area contributed by atoms with Crippen LogP contribution in [-0.4, -0.2) is 28.3 Å². The van der Waals surface area contributed by atoms with Crippen molar-refractivity contribution in [2.24, 2.45) is 7.05 Å². The third-order valence-corrected chi connectivity index (χ3v) is 3.65. The number of amides is 1. The molecule has 1 aromatic rings. The number of aromatic nitrogens is 2. The monoisotopic (exact) mass is 264 g/mol. The summed E-state index contributed by atoms with van der Waals surface area (Å²) < 4.78 is 1.83. The van der Waals surface area contributed by atoms with Crippen LogP contribution in [0, 0.1) is 0 Å². The van der Waals surface area contributed by atoms with E-state index < -0.39 is 0 Å². The van der Waals surface area contributed by atoms with Crippen LogP contribution in [-0.2, 0) is 24.8 Å². The van der Waals surface area contributed by atoms with E-state index in [0.29, 0.717) is 19.1 Å². The van der Waals surface area contributed by atoms with Crippen LogP contribution in [0.2, 0.25) is 0 Å². The van der Waals surface area contributed by atoms with E-state index in [0.717, 1.165) is 25.0 Å². The minimum atomic E-state index is 0.105. The highest BCUT2D eigenvalue weighted by Crippen LogP contribution is 2.17. The molecular formula is C14H24N4O. The van der Waals surface area contributed by atoms with Gasteiger partial charge < -0.3 is 10.6 Å². The van der Waals surface area contributed by atoms with Crippen molar-refractivity contribution < 1.29 is 4.79 Å². The van der Waals surface area contributed by atoms with Crippen molar-refractivity contribution in [1.29, 1.82) is 0 Å². The summed E-state index contributed by atoms with van der Waals surface area (Å²) in [4.78, 5) is 11.8. The maximum absolute atomic E-state index is 11.8. The van der Waals surface area contributed by atoms with Gasteiger partial charge in [-0.3, -0.25) is 9.48 Å². The quantitative estimate of drug-likeness (QED) is 0.810. The first kappa shape index (κ1) is 14.1. The van der Waals surface area contributed by atoms with Crippen molar-refractivity contribution in [2.75, 3.05) is 6.54 Å². The minimum absolute atomic E-state index is 0.105. The van der Waals surface area contributed by atoms with Gasteiger partial charge in [0.1, 0.15) is 0 Å². The fourth-order valence-electron chi connectivity index (χ4n) is 2.69. The van der Waals surface area contributed by atoms with E-state index >= 15 is 0 Å². The molecule has 1 fully saturated rings. The number of nitrogens with one attached hydrogen (secondary N) is 2. The van der Waals surface area contributed by atoms with Gasteiger partial charge in [-0.25, -0.2) is 0 Å². The van der Waals surface area contributed by atoms with Crippen LogP contribution in [0.4, 0.5) is 0 Å². The first-order valence-corrected chi connectivity index (χ1v) is 7.20. The van der Waals surface area contributed by atoms with Gasteiger partial charge in [-0.2, -0.15) is 5.10 Å². The Morgan fingerprint density at radius 2 is 2.21 bits per heavy atom. The Hall–Kier alpha value is -1.36. The summed E-state index contributed by atoms with van der Waals surface area (Å²) in [5, 5.41) is 10.7. The van der Waals surface area contributed by atoms with Gasteiger partial charge in [0.05, 0.1) is 12.2 Å². The summed E-state index contributed by atoms with van der Waals surface area (Å²) >= 11 is 0. The molecule has 2 N–H and O–H groups in total.